The number of benzene rings is 1. The van der Waals surface area contributed by atoms with Gasteiger partial charge in [0, 0.05) is 17.6 Å². The number of alkyl carbamates (subject to hydrolysis) is 1. The summed E-state index contributed by atoms with van der Waals surface area (Å²) in [7, 11) is 0. The van der Waals surface area contributed by atoms with Gasteiger partial charge >= 0.3 is 6.09 Å². The third kappa shape index (κ3) is 11.1. The first-order chi connectivity index (χ1) is 17.2. The molecule has 37 heavy (non-hydrogen) atoms. The van der Waals surface area contributed by atoms with Crippen molar-refractivity contribution in [3.05, 3.63) is 35.4 Å². The van der Waals surface area contributed by atoms with Gasteiger partial charge in [0.2, 0.25) is 11.8 Å². The van der Waals surface area contributed by atoms with Crippen molar-refractivity contribution in [2.45, 2.75) is 97.4 Å². The maximum absolute atomic E-state index is 14.1. The van der Waals surface area contributed by atoms with E-state index in [0.29, 0.717) is 29.8 Å². The molecule has 0 heterocycles. The number of nitrogens with one attached hydrogen (secondary N) is 2. The Hall–Kier alpha value is -2.66. The molecule has 2 N–H and O–H groups in total. The molecule has 0 bridgehead atoms. The Morgan fingerprint density at radius 1 is 1.08 bits per heavy atom. The van der Waals surface area contributed by atoms with Gasteiger partial charge < -0.3 is 20.3 Å². The number of thioether (sulfide) groups is 1. The van der Waals surface area contributed by atoms with Crippen LogP contribution < -0.4 is 10.6 Å². The Labute approximate surface area is 227 Å². The van der Waals surface area contributed by atoms with E-state index in [1.807, 2.05) is 27.0 Å². The van der Waals surface area contributed by atoms with E-state index in [0.717, 1.165) is 19.3 Å². The van der Waals surface area contributed by atoms with Gasteiger partial charge in [-0.1, -0.05) is 37.8 Å². The van der Waals surface area contributed by atoms with Crippen LogP contribution in [0, 0.1) is 12.3 Å². The highest BCUT2D eigenvalue weighted by molar-refractivity contribution is 7.98. The Kier molecular flexibility index (Phi) is 13.1. The average Bonchev–Trinajstić information content (AvgIpc) is 2.80. The molecule has 0 spiro atoms. The number of carbonyl (C=O) groups excluding carboxylic acids is 3. The molecule has 0 radical (unpaired) electrons. The van der Waals surface area contributed by atoms with Gasteiger partial charge in [0.25, 0.3) is 0 Å². The van der Waals surface area contributed by atoms with E-state index in [-0.39, 0.29) is 11.8 Å². The first-order valence-corrected chi connectivity index (χ1v) is 14.3. The lowest BCUT2D eigenvalue weighted by Crippen LogP contribution is -2.58. The van der Waals surface area contributed by atoms with Crippen molar-refractivity contribution < 1.29 is 19.1 Å². The second-order valence-electron chi connectivity index (χ2n) is 11.0. The third-order valence-electron chi connectivity index (χ3n) is 5.54. The number of ether oxygens (including phenoxy) is 1. The van der Waals surface area contributed by atoms with Gasteiger partial charge in [-0.05, 0) is 84.1 Å². The molecule has 0 fully saturated rings. The molecule has 206 valence electrons. The lowest BCUT2D eigenvalue weighted by Gasteiger charge is -2.43. The molecular weight excluding hydrogens is 486 g/mol. The van der Waals surface area contributed by atoms with Crippen LogP contribution in [0.1, 0.15) is 91.3 Å². The Bertz CT molecular complexity index is 926. The number of carbonyl (C=O) groups is 3. The fourth-order valence-electron chi connectivity index (χ4n) is 3.82. The molecule has 0 aliphatic carbocycles. The maximum Gasteiger partial charge on any atom is 0.408 e. The van der Waals surface area contributed by atoms with Crippen molar-refractivity contribution in [2.24, 2.45) is 0 Å². The summed E-state index contributed by atoms with van der Waals surface area (Å²) in [6, 6.07) is 5.34. The zero-order valence-corrected chi connectivity index (χ0v) is 24.6. The standard InChI is InChI=1S/C29H45N3O4S/c1-10-12-13-19-30-25(33)24(22-16-14-21(11-2)15-17-22)32(28(3,4)5)26(34)23(18-20-37-9)31-27(35)36-29(6,7)8/h2,14-17,23-24H,10,12-13,18-20H2,1,3-9H3,(H,30,33)(H,31,35). The highest BCUT2D eigenvalue weighted by atomic mass is 32.2. The molecule has 7 nitrogen and oxygen atoms in total. The van der Waals surface area contributed by atoms with E-state index >= 15 is 0 Å². The molecule has 2 unspecified atom stereocenters. The average molecular weight is 532 g/mol. The Balaban J connectivity index is 3.48. The van der Waals surface area contributed by atoms with Crippen LogP contribution in [0.15, 0.2) is 24.3 Å². The predicted octanol–water partition coefficient (Wildman–Crippen LogP) is 5.29. The summed E-state index contributed by atoms with van der Waals surface area (Å²) in [5.41, 5.74) is -0.110. The van der Waals surface area contributed by atoms with Crippen molar-refractivity contribution in [3.8, 4) is 12.3 Å². The zero-order valence-electron chi connectivity index (χ0n) is 23.8. The lowest BCUT2D eigenvalue weighted by molar-refractivity contribution is -0.148. The molecule has 0 saturated carbocycles. The second-order valence-corrected chi connectivity index (χ2v) is 12.0. The van der Waals surface area contributed by atoms with Crippen molar-refractivity contribution in [3.63, 3.8) is 0 Å². The van der Waals surface area contributed by atoms with Crippen molar-refractivity contribution >= 4 is 29.7 Å². The molecule has 1 aromatic carbocycles. The molecule has 0 saturated heterocycles. The van der Waals surface area contributed by atoms with Gasteiger partial charge in [-0.25, -0.2) is 4.79 Å². The Morgan fingerprint density at radius 2 is 1.70 bits per heavy atom. The van der Waals surface area contributed by atoms with Crippen LogP contribution in [0.3, 0.4) is 0 Å². The lowest BCUT2D eigenvalue weighted by atomic mass is 9.94. The van der Waals surface area contributed by atoms with Gasteiger partial charge in [0.15, 0.2) is 0 Å². The fraction of sp³-hybridized carbons (Fsp3) is 0.621. The number of amides is 3. The van der Waals surface area contributed by atoms with E-state index in [4.69, 9.17) is 11.2 Å². The number of terminal acetylenes is 1. The van der Waals surface area contributed by atoms with E-state index < -0.39 is 29.3 Å². The number of unbranched alkanes of at least 4 members (excludes halogenated alkanes) is 2. The minimum absolute atomic E-state index is 0.270. The van der Waals surface area contributed by atoms with Crippen LogP contribution in [0.25, 0.3) is 0 Å². The van der Waals surface area contributed by atoms with Gasteiger partial charge in [-0.3, -0.25) is 9.59 Å². The van der Waals surface area contributed by atoms with Crippen LogP contribution in [0.2, 0.25) is 0 Å². The molecule has 8 heteroatoms. The largest absolute Gasteiger partial charge is 0.444 e. The third-order valence-corrected chi connectivity index (χ3v) is 6.18. The smallest absolute Gasteiger partial charge is 0.408 e. The predicted molar refractivity (Wildman–Crippen MR) is 152 cm³/mol. The molecule has 1 rings (SSSR count). The summed E-state index contributed by atoms with van der Waals surface area (Å²) >= 11 is 1.58. The first-order valence-electron chi connectivity index (χ1n) is 12.9. The van der Waals surface area contributed by atoms with E-state index in [9.17, 15) is 14.4 Å². The normalized spacial score (nSPS) is 13.2. The molecule has 2 atom stereocenters. The van der Waals surface area contributed by atoms with Gasteiger partial charge in [0.1, 0.15) is 17.7 Å². The molecule has 3 amide bonds. The fourth-order valence-corrected chi connectivity index (χ4v) is 4.29. The monoisotopic (exact) mass is 531 g/mol. The minimum Gasteiger partial charge on any atom is -0.444 e. The second kappa shape index (κ2) is 14.9. The summed E-state index contributed by atoms with van der Waals surface area (Å²) in [4.78, 5) is 42.0. The van der Waals surface area contributed by atoms with Gasteiger partial charge in [-0.15, -0.1) is 6.42 Å². The van der Waals surface area contributed by atoms with Crippen LogP contribution in [0.4, 0.5) is 4.79 Å². The number of hydrogen-bond donors (Lipinski definition) is 2. The zero-order chi connectivity index (χ0) is 28.2. The van der Waals surface area contributed by atoms with E-state index in [2.05, 4.69) is 23.5 Å². The van der Waals surface area contributed by atoms with Crippen molar-refractivity contribution in [2.75, 3.05) is 18.6 Å². The summed E-state index contributed by atoms with van der Waals surface area (Å²) in [6.07, 6.45) is 10.1. The van der Waals surface area contributed by atoms with Gasteiger partial charge in [-0.2, -0.15) is 11.8 Å². The maximum atomic E-state index is 14.1. The number of hydrogen-bond acceptors (Lipinski definition) is 5. The SMILES string of the molecule is C#Cc1ccc(C(C(=O)NCCCCC)N(C(=O)C(CCSC)NC(=O)OC(C)(C)C)C(C)(C)C)cc1. The van der Waals surface area contributed by atoms with Crippen LogP contribution in [0.5, 0.6) is 0 Å². The van der Waals surface area contributed by atoms with E-state index in [1.54, 1.807) is 61.7 Å². The van der Waals surface area contributed by atoms with Gasteiger partial charge in [0.05, 0.1) is 0 Å². The van der Waals surface area contributed by atoms with Crippen LogP contribution in [-0.4, -0.2) is 58.5 Å². The molecule has 0 aliphatic heterocycles. The highest BCUT2D eigenvalue weighted by Crippen LogP contribution is 2.31. The first kappa shape index (κ1) is 32.4. The van der Waals surface area contributed by atoms with E-state index in [1.165, 1.54) is 0 Å². The number of rotatable bonds is 12. The Morgan fingerprint density at radius 3 is 2.19 bits per heavy atom. The van der Waals surface area contributed by atoms with Crippen molar-refractivity contribution in [1.82, 2.24) is 15.5 Å². The van der Waals surface area contributed by atoms with Crippen LogP contribution in [-0.2, 0) is 14.3 Å². The minimum atomic E-state index is -0.904. The quantitative estimate of drug-likeness (QED) is 0.283. The van der Waals surface area contributed by atoms with Crippen LogP contribution >= 0.6 is 11.8 Å². The molecule has 0 aromatic heterocycles. The molecule has 1 aromatic rings. The molecular formula is C29H45N3O4S. The number of nitrogens with zero attached hydrogens (tertiary/aromatic N) is 1. The summed E-state index contributed by atoms with van der Waals surface area (Å²) in [5.74, 6) is 2.62. The summed E-state index contributed by atoms with van der Waals surface area (Å²) < 4.78 is 5.43. The summed E-state index contributed by atoms with van der Waals surface area (Å²) in [6.45, 7) is 13.6. The summed E-state index contributed by atoms with van der Waals surface area (Å²) in [5, 5.41) is 5.78. The topological polar surface area (TPSA) is 87.7 Å². The molecule has 0 aliphatic rings. The highest BCUT2D eigenvalue weighted by Gasteiger charge is 2.41. The van der Waals surface area contributed by atoms with Crippen molar-refractivity contribution in [1.29, 1.82) is 0 Å².